The van der Waals surface area contributed by atoms with Crippen LogP contribution in [0.1, 0.15) is 47.0 Å². The molecule has 1 rings (SSSR count). The second kappa shape index (κ2) is 6.03. The van der Waals surface area contributed by atoms with Gasteiger partial charge in [0.25, 0.3) is 0 Å². The monoisotopic (exact) mass is 240 g/mol. The van der Waals surface area contributed by atoms with Crippen LogP contribution in [-0.4, -0.2) is 35.3 Å². The lowest BCUT2D eigenvalue weighted by molar-refractivity contribution is -0.148. The molecule has 4 heteroatoms. The minimum absolute atomic E-state index is 0.0298. The first-order valence-electron chi connectivity index (χ1n) is 6.61. The van der Waals surface area contributed by atoms with Crippen molar-refractivity contribution in [3.05, 3.63) is 0 Å². The van der Waals surface area contributed by atoms with Gasteiger partial charge in [-0.25, -0.2) is 0 Å². The van der Waals surface area contributed by atoms with Crippen LogP contribution in [0, 0.1) is 5.92 Å². The number of amides is 2. The van der Waals surface area contributed by atoms with E-state index in [1.54, 1.807) is 4.90 Å². The van der Waals surface area contributed by atoms with E-state index >= 15 is 0 Å². The van der Waals surface area contributed by atoms with Crippen molar-refractivity contribution >= 4 is 11.8 Å². The van der Waals surface area contributed by atoms with Gasteiger partial charge in [-0.15, -0.1) is 0 Å². The maximum Gasteiger partial charge on any atom is 0.246 e. The van der Waals surface area contributed by atoms with Crippen LogP contribution >= 0.6 is 0 Å². The zero-order valence-electron chi connectivity index (χ0n) is 11.3. The summed E-state index contributed by atoms with van der Waals surface area (Å²) in [5, 5.41) is 2.79. The Balaban J connectivity index is 2.82. The number of rotatable bonds is 5. The Kier molecular flexibility index (Phi) is 4.97. The number of nitrogens with zero attached hydrogens (tertiary/aromatic N) is 1. The molecule has 0 aromatic heterocycles. The molecule has 0 spiro atoms. The molecular formula is C13H24N2O2. The Bertz CT molecular complexity index is 289. The highest BCUT2D eigenvalue weighted by Gasteiger charge is 2.36. The third-order valence-corrected chi connectivity index (χ3v) is 3.38. The molecule has 2 unspecified atom stereocenters. The summed E-state index contributed by atoms with van der Waals surface area (Å²) in [4.78, 5) is 25.7. The molecule has 4 nitrogen and oxygen atoms in total. The Morgan fingerprint density at radius 1 is 1.35 bits per heavy atom. The van der Waals surface area contributed by atoms with Gasteiger partial charge >= 0.3 is 0 Å². The molecule has 1 N–H and O–H groups in total. The predicted octanol–water partition coefficient (Wildman–Crippen LogP) is 1.55. The third-order valence-electron chi connectivity index (χ3n) is 3.38. The molecule has 1 saturated heterocycles. The Hall–Kier alpha value is -1.06. The molecule has 0 radical (unpaired) electrons. The first-order chi connectivity index (χ1) is 8.01. The van der Waals surface area contributed by atoms with Gasteiger partial charge in [0, 0.05) is 6.04 Å². The zero-order valence-corrected chi connectivity index (χ0v) is 11.3. The van der Waals surface area contributed by atoms with E-state index in [9.17, 15) is 9.59 Å². The van der Waals surface area contributed by atoms with Gasteiger partial charge in [0.1, 0.15) is 6.04 Å². The lowest BCUT2D eigenvalue weighted by Crippen LogP contribution is -2.62. The van der Waals surface area contributed by atoms with E-state index in [-0.39, 0.29) is 36.4 Å². The summed E-state index contributed by atoms with van der Waals surface area (Å²) in [6.07, 6.45) is 2.92. The molecule has 98 valence electrons. The van der Waals surface area contributed by atoms with Crippen LogP contribution in [0.5, 0.6) is 0 Å². The SMILES string of the molecule is CCCC(CC)N1CC(=O)NC(C(C)C)C1=O. The van der Waals surface area contributed by atoms with Gasteiger partial charge in [-0.05, 0) is 18.8 Å². The van der Waals surface area contributed by atoms with Gasteiger partial charge in [0.15, 0.2) is 0 Å². The van der Waals surface area contributed by atoms with Crippen LogP contribution in [0.4, 0.5) is 0 Å². The number of hydrogen-bond acceptors (Lipinski definition) is 2. The maximum atomic E-state index is 12.3. The van der Waals surface area contributed by atoms with E-state index in [1.165, 1.54) is 0 Å². The van der Waals surface area contributed by atoms with Gasteiger partial charge in [0.2, 0.25) is 11.8 Å². The lowest BCUT2D eigenvalue weighted by atomic mass is 9.98. The normalized spacial score (nSPS) is 22.9. The first kappa shape index (κ1) is 14.0. The predicted molar refractivity (Wildman–Crippen MR) is 67.5 cm³/mol. The van der Waals surface area contributed by atoms with E-state index in [1.807, 2.05) is 13.8 Å². The summed E-state index contributed by atoms with van der Waals surface area (Å²) >= 11 is 0. The average Bonchev–Trinajstić information content (AvgIpc) is 2.28. The van der Waals surface area contributed by atoms with Gasteiger partial charge < -0.3 is 10.2 Å². The van der Waals surface area contributed by atoms with Gasteiger partial charge in [0.05, 0.1) is 6.54 Å². The molecule has 0 bridgehead atoms. The number of carbonyl (C=O) groups is 2. The van der Waals surface area contributed by atoms with Gasteiger partial charge in [-0.1, -0.05) is 34.1 Å². The van der Waals surface area contributed by atoms with Crippen LogP contribution in [0.15, 0.2) is 0 Å². The Morgan fingerprint density at radius 3 is 2.47 bits per heavy atom. The summed E-state index contributed by atoms with van der Waals surface area (Å²) in [5.74, 6) is 0.200. The van der Waals surface area contributed by atoms with Crippen LogP contribution < -0.4 is 5.32 Å². The molecule has 0 saturated carbocycles. The molecule has 0 aromatic carbocycles. The fourth-order valence-corrected chi connectivity index (χ4v) is 2.37. The molecule has 0 aliphatic carbocycles. The summed E-state index contributed by atoms with van der Waals surface area (Å²) in [5.41, 5.74) is 0. The highest BCUT2D eigenvalue weighted by Crippen LogP contribution is 2.18. The number of hydrogen-bond donors (Lipinski definition) is 1. The highest BCUT2D eigenvalue weighted by atomic mass is 16.2. The minimum atomic E-state index is -0.345. The van der Waals surface area contributed by atoms with E-state index < -0.39 is 0 Å². The molecule has 1 aliphatic heterocycles. The van der Waals surface area contributed by atoms with E-state index in [2.05, 4.69) is 19.2 Å². The summed E-state index contributed by atoms with van der Waals surface area (Å²) in [6.45, 7) is 8.34. The van der Waals surface area contributed by atoms with E-state index in [0.717, 1.165) is 19.3 Å². The molecule has 0 aromatic rings. The zero-order chi connectivity index (χ0) is 13.0. The van der Waals surface area contributed by atoms with Crippen molar-refractivity contribution < 1.29 is 9.59 Å². The van der Waals surface area contributed by atoms with Crippen molar-refractivity contribution in [3.8, 4) is 0 Å². The van der Waals surface area contributed by atoms with Crippen molar-refractivity contribution in [3.63, 3.8) is 0 Å². The molecule has 1 aliphatic rings. The van der Waals surface area contributed by atoms with Gasteiger partial charge in [-0.2, -0.15) is 0 Å². The molecule has 17 heavy (non-hydrogen) atoms. The van der Waals surface area contributed by atoms with Gasteiger partial charge in [-0.3, -0.25) is 9.59 Å². The smallest absolute Gasteiger partial charge is 0.246 e. The highest BCUT2D eigenvalue weighted by molar-refractivity contribution is 5.95. The topological polar surface area (TPSA) is 49.4 Å². The van der Waals surface area contributed by atoms with E-state index in [0.29, 0.717) is 0 Å². The Labute approximate surface area is 104 Å². The summed E-state index contributed by atoms with van der Waals surface area (Å²) in [6, 6.07) is -0.137. The molecule has 1 fully saturated rings. The summed E-state index contributed by atoms with van der Waals surface area (Å²) < 4.78 is 0. The minimum Gasteiger partial charge on any atom is -0.343 e. The quantitative estimate of drug-likeness (QED) is 0.792. The van der Waals surface area contributed by atoms with Crippen molar-refractivity contribution in [2.45, 2.75) is 59.0 Å². The Morgan fingerprint density at radius 2 is 2.00 bits per heavy atom. The molecule has 2 amide bonds. The fourth-order valence-electron chi connectivity index (χ4n) is 2.37. The molecular weight excluding hydrogens is 216 g/mol. The average molecular weight is 240 g/mol. The van der Waals surface area contributed by atoms with Crippen LogP contribution in [-0.2, 0) is 9.59 Å². The molecule has 1 heterocycles. The first-order valence-corrected chi connectivity index (χ1v) is 6.61. The maximum absolute atomic E-state index is 12.3. The van der Waals surface area contributed by atoms with Crippen molar-refractivity contribution in [2.75, 3.05) is 6.54 Å². The number of carbonyl (C=O) groups excluding carboxylic acids is 2. The molecule has 2 atom stereocenters. The van der Waals surface area contributed by atoms with Crippen LogP contribution in [0.25, 0.3) is 0 Å². The summed E-state index contributed by atoms with van der Waals surface area (Å²) in [7, 11) is 0. The van der Waals surface area contributed by atoms with Crippen molar-refractivity contribution in [2.24, 2.45) is 5.92 Å². The largest absolute Gasteiger partial charge is 0.343 e. The van der Waals surface area contributed by atoms with Crippen LogP contribution in [0.2, 0.25) is 0 Å². The van der Waals surface area contributed by atoms with Crippen molar-refractivity contribution in [1.29, 1.82) is 0 Å². The number of nitrogens with one attached hydrogen (secondary N) is 1. The van der Waals surface area contributed by atoms with Crippen molar-refractivity contribution in [1.82, 2.24) is 10.2 Å². The standard InChI is InChI=1S/C13H24N2O2/c1-5-7-10(6-2)15-8-11(16)14-12(9(3)4)13(15)17/h9-10,12H,5-8H2,1-4H3,(H,14,16). The van der Waals surface area contributed by atoms with Crippen LogP contribution in [0.3, 0.4) is 0 Å². The van der Waals surface area contributed by atoms with E-state index in [4.69, 9.17) is 0 Å². The number of piperazine rings is 1. The fraction of sp³-hybridized carbons (Fsp3) is 0.846. The second-order valence-corrected chi connectivity index (χ2v) is 5.11. The third kappa shape index (κ3) is 3.20. The lowest BCUT2D eigenvalue weighted by Gasteiger charge is -2.39. The second-order valence-electron chi connectivity index (χ2n) is 5.11.